The standard InChI is InChI=1S/C6H14O8S2/c1-2(7)3(8)4(9)5(10)6(15(11)12)16(13)14/h2-10,15-16H,1H3. The lowest BCUT2D eigenvalue weighted by molar-refractivity contribution is -0.0957. The maximum atomic E-state index is 10.5. The Morgan fingerprint density at radius 1 is 0.750 bits per heavy atom. The summed E-state index contributed by atoms with van der Waals surface area (Å²) >= 11 is 0. The number of hydrogen-bond donors (Lipinski definition) is 6. The van der Waals surface area contributed by atoms with Gasteiger partial charge in [-0.05, 0) is 6.92 Å². The Morgan fingerprint density at radius 3 is 1.38 bits per heavy atom. The summed E-state index contributed by atoms with van der Waals surface area (Å²) in [7, 11) is -7.04. The van der Waals surface area contributed by atoms with Gasteiger partial charge in [0.2, 0.25) is 0 Å². The third kappa shape index (κ3) is 3.96. The fraction of sp³-hybridized carbons (Fsp3) is 1.00. The van der Waals surface area contributed by atoms with Gasteiger partial charge in [0.25, 0.3) is 0 Å². The molecule has 0 aromatic carbocycles. The van der Waals surface area contributed by atoms with Crippen molar-refractivity contribution in [1.82, 2.24) is 0 Å². The molecule has 4 unspecified atom stereocenters. The predicted octanol–water partition coefficient (Wildman–Crippen LogP) is -4.00. The molecule has 0 saturated heterocycles. The summed E-state index contributed by atoms with van der Waals surface area (Å²) in [6.45, 7) is 1.09. The molecule has 4 N–H and O–H groups in total. The largest absolute Gasteiger partial charge is 0.391 e. The monoisotopic (exact) mass is 278 g/mol. The molecule has 0 saturated carbocycles. The number of aliphatic hydroxyl groups is 4. The van der Waals surface area contributed by atoms with Crippen LogP contribution in [-0.4, -0.2) is 66.3 Å². The van der Waals surface area contributed by atoms with Crippen LogP contribution < -0.4 is 0 Å². The minimum atomic E-state index is -3.52. The summed E-state index contributed by atoms with van der Waals surface area (Å²) in [4.78, 5) is 0. The van der Waals surface area contributed by atoms with E-state index in [1.807, 2.05) is 0 Å². The van der Waals surface area contributed by atoms with Crippen molar-refractivity contribution in [2.45, 2.75) is 35.9 Å². The molecule has 0 aromatic rings. The summed E-state index contributed by atoms with van der Waals surface area (Å²) < 4.78 is 39.9. The zero-order valence-electron chi connectivity index (χ0n) is 8.20. The summed E-state index contributed by atoms with van der Waals surface area (Å²) in [6, 6.07) is 0. The van der Waals surface area contributed by atoms with E-state index in [-0.39, 0.29) is 0 Å². The van der Waals surface area contributed by atoms with Gasteiger partial charge in [0, 0.05) is 0 Å². The van der Waals surface area contributed by atoms with E-state index in [0.717, 1.165) is 6.92 Å². The van der Waals surface area contributed by atoms with Crippen LogP contribution in [0.4, 0.5) is 0 Å². The third-order valence-electron chi connectivity index (χ3n) is 1.93. The van der Waals surface area contributed by atoms with E-state index in [2.05, 4.69) is 0 Å². The molecule has 0 rings (SSSR count). The van der Waals surface area contributed by atoms with E-state index in [1.165, 1.54) is 0 Å². The molecule has 98 valence electrons. The normalized spacial score (nSPS) is 20.0. The molecule has 8 nitrogen and oxygen atoms in total. The van der Waals surface area contributed by atoms with Gasteiger partial charge in [0.15, 0.2) is 26.0 Å². The first-order valence-corrected chi connectivity index (χ1v) is 6.68. The molecule has 0 radical (unpaired) electrons. The molecule has 0 bridgehead atoms. The van der Waals surface area contributed by atoms with Gasteiger partial charge in [0.05, 0.1) is 6.10 Å². The Bertz CT molecular complexity index is 322. The van der Waals surface area contributed by atoms with E-state index < -0.39 is 50.4 Å². The Balaban J connectivity index is 4.95. The average Bonchev–Trinajstić information content (AvgIpc) is 2.13. The van der Waals surface area contributed by atoms with Gasteiger partial charge in [-0.15, -0.1) is 0 Å². The lowest BCUT2D eigenvalue weighted by Crippen LogP contribution is -2.49. The summed E-state index contributed by atoms with van der Waals surface area (Å²) in [6.07, 6.45) is -7.58. The van der Waals surface area contributed by atoms with Crippen molar-refractivity contribution in [1.29, 1.82) is 0 Å². The first kappa shape index (κ1) is 15.7. The second kappa shape index (κ2) is 6.47. The van der Waals surface area contributed by atoms with Gasteiger partial charge >= 0.3 is 0 Å². The molecule has 0 aromatic heterocycles. The maximum absolute atomic E-state index is 10.5. The van der Waals surface area contributed by atoms with E-state index in [4.69, 9.17) is 10.2 Å². The number of hydrogen-bond acceptors (Lipinski definition) is 8. The molecule has 10 heteroatoms. The number of thiol groups is 2. The van der Waals surface area contributed by atoms with E-state index in [0.29, 0.717) is 0 Å². The van der Waals surface area contributed by atoms with Crippen molar-refractivity contribution in [2.75, 3.05) is 0 Å². The molecule has 0 aliphatic rings. The van der Waals surface area contributed by atoms with Crippen molar-refractivity contribution in [2.24, 2.45) is 0 Å². The molecular formula is C6H14O8S2. The fourth-order valence-corrected chi connectivity index (χ4v) is 2.46. The van der Waals surface area contributed by atoms with Crippen molar-refractivity contribution in [3.63, 3.8) is 0 Å². The average molecular weight is 278 g/mol. The summed E-state index contributed by atoms with van der Waals surface area (Å²) in [5.74, 6) is 0. The molecule has 0 amide bonds. The SMILES string of the molecule is CC(O)C(O)C(O)C(O)C([SH](=O)=O)[SH](=O)=O. The highest BCUT2D eigenvalue weighted by Gasteiger charge is 2.36. The van der Waals surface area contributed by atoms with Crippen LogP contribution in [0.5, 0.6) is 0 Å². The lowest BCUT2D eigenvalue weighted by atomic mass is 10.1. The Kier molecular flexibility index (Phi) is 6.36. The zero-order chi connectivity index (χ0) is 13.0. The highest BCUT2D eigenvalue weighted by molar-refractivity contribution is 7.91. The van der Waals surface area contributed by atoms with E-state index in [9.17, 15) is 27.0 Å². The van der Waals surface area contributed by atoms with Crippen LogP contribution in [0.25, 0.3) is 0 Å². The number of rotatable bonds is 6. The van der Waals surface area contributed by atoms with Crippen molar-refractivity contribution in [3.05, 3.63) is 0 Å². The topological polar surface area (TPSA) is 149 Å². The first-order valence-electron chi connectivity index (χ1n) is 4.19. The van der Waals surface area contributed by atoms with Crippen LogP contribution >= 0.6 is 0 Å². The number of aliphatic hydroxyl groups excluding tert-OH is 4. The van der Waals surface area contributed by atoms with Crippen molar-refractivity contribution in [3.8, 4) is 0 Å². The quantitative estimate of drug-likeness (QED) is 0.269. The molecule has 4 atom stereocenters. The Hall–Kier alpha value is -0.260. The second-order valence-corrected chi connectivity index (χ2v) is 5.86. The summed E-state index contributed by atoms with van der Waals surface area (Å²) in [5.41, 5.74) is 0. The van der Waals surface area contributed by atoms with Crippen LogP contribution in [0.3, 0.4) is 0 Å². The second-order valence-electron chi connectivity index (χ2n) is 3.20. The van der Waals surface area contributed by atoms with Crippen molar-refractivity contribution >= 4 is 21.4 Å². The first-order chi connectivity index (χ1) is 7.20. The predicted molar refractivity (Wildman–Crippen MR) is 54.1 cm³/mol. The zero-order valence-corrected chi connectivity index (χ0v) is 9.99. The summed E-state index contributed by atoms with van der Waals surface area (Å²) in [5, 5.41) is 36.5. The van der Waals surface area contributed by atoms with Crippen LogP contribution in [0.2, 0.25) is 0 Å². The molecule has 16 heavy (non-hydrogen) atoms. The molecule has 0 fully saturated rings. The fourth-order valence-electron chi connectivity index (χ4n) is 0.990. The minimum absolute atomic E-state index is 1.09. The van der Waals surface area contributed by atoms with Crippen LogP contribution in [0.15, 0.2) is 0 Å². The smallest absolute Gasteiger partial charge is 0.186 e. The van der Waals surface area contributed by atoms with Gasteiger partial charge in [-0.25, -0.2) is 16.8 Å². The molecule has 0 spiro atoms. The van der Waals surface area contributed by atoms with Crippen LogP contribution in [0, 0.1) is 0 Å². The Labute approximate surface area is 95.1 Å². The molecule has 0 aliphatic heterocycles. The minimum Gasteiger partial charge on any atom is -0.391 e. The lowest BCUT2D eigenvalue weighted by Gasteiger charge is -2.25. The molecule has 0 heterocycles. The van der Waals surface area contributed by atoms with E-state index >= 15 is 0 Å². The van der Waals surface area contributed by atoms with Crippen LogP contribution in [-0.2, 0) is 21.4 Å². The Morgan fingerprint density at radius 2 is 1.12 bits per heavy atom. The van der Waals surface area contributed by atoms with Gasteiger partial charge in [-0.2, -0.15) is 0 Å². The highest BCUT2D eigenvalue weighted by Crippen LogP contribution is 2.10. The van der Waals surface area contributed by atoms with E-state index in [1.54, 1.807) is 0 Å². The molecule has 0 aliphatic carbocycles. The van der Waals surface area contributed by atoms with Gasteiger partial charge in [-0.1, -0.05) is 0 Å². The van der Waals surface area contributed by atoms with Gasteiger partial charge < -0.3 is 20.4 Å². The van der Waals surface area contributed by atoms with Crippen molar-refractivity contribution < 1.29 is 37.3 Å². The maximum Gasteiger partial charge on any atom is 0.186 e. The van der Waals surface area contributed by atoms with Crippen LogP contribution in [0.1, 0.15) is 6.92 Å². The molecular weight excluding hydrogens is 264 g/mol. The van der Waals surface area contributed by atoms with Gasteiger partial charge in [-0.3, -0.25) is 0 Å². The third-order valence-corrected chi connectivity index (χ3v) is 4.54. The van der Waals surface area contributed by atoms with Gasteiger partial charge in [0.1, 0.15) is 18.3 Å². The highest BCUT2D eigenvalue weighted by atomic mass is 32.2.